The van der Waals surface area contributed by atoms with Gasteiger partial charge in [0.05, 0.1) is 23.6 Å². The summed E-state index contributed by atoms with van der Waals surface area (Å²) in [6.45, 7) is 8.25. The molecule has 0 atom stereocenters. The van der Waals surface area contributed by atoms with Gasteiger partial charge < -0.3 is 10.5 Å². The first kappa shape index (κ1) is 13.0. The molecule has 2 rings (SSSR count). The molecule has 0 saturated heterocycles. The molecule has 0 unspecified atom stereocenters. The van der Waals surface area contributed by atoms with Crippen LogP contribution >= 0.6 is 0 Å². The molecule has 0 aliphatic carbocycles. The predicted octanol–water partition coefficient (Wildman–Crippen LogP) is 2.33. The molecule has 0 aliphatic rings. The van der Waals surface area contributed by atoms with Gasteiger partial charge in [-0.25, -0.2) is 4.68 Å². The predicted molar refractivity (Wildman–Crippen MR) is 76.0 cm³/mol. The Labute approximate surface area is 108 Å². The lowest BCUT2D eigenvalue weighted by atomic mass is 10.3. The molecule has 2 N–H and O–H groups in total. The minimum absolute atomic E-state index is 0.457. The standard InChI is InChI=1S/C12H20N4OSi/c1-18(2,3)5-4-17-9-16-12-6-10(13)7-14-11(12)8-15-16/h6-8H,4-5,9,13H2,1-3H3. The second kappa shape index (κ2) is 5.07. The molecular weight excluding hydrogens is 244 g/mol. The molecule has 0 amide bonds. The van der Waals surface area contributed by atoms with Gasteiger partial charge in [-0.05, 0) is 12.1 Å². The minimum Gasteiger partial charge on any atom is -0.397 e. The van der Waals surface area contributed by atoms with E-state index in [4.69, 9.17) is 10.5 Å². The van der Waals surface area contributed by atoms with E-state index in [-0.39, 0.29) is 0 Å². The van der Waals surface area contributed by atoms with Crippen molar-refractivity contribution in [2.45, 2.75) is 32.4 Å². The molecule has 2 aromatic heterocycles. The fourth-order valence-electron chi connectivity index (χ4n) is 1.60. The van der Waals surface area contributed by atoms with Crippen molar-refractivity contribution in [1.82, 2.24) is 14.8 Å². The second-order valence-corrected chi connectivity index (χ2v) is 11.3. The van der Waals surface area contributed by atoms with Crippen LogP contribution in [-0.2, 0) is 11.5 Å². The molecule has 6 heteroatoms. The van der Waals surface area contributed by atoms with Gasteiger partial charge >= 0.3 is 0 Å². The maximum Gasteiger partial charge on any atom is 0.140 e. The number of fused-ring (bicyclic) bond motifs is 1. The summed E-state index contributed by atoms with van der Waals surface area (Å²) in [7, 11) is -1.03. The zero-order valence-electron chi connectivity index (χ0n) is 11.2. The highest BCUT2D eigenvalue weighted by atomic mass is 28.3. The van der Waals surface area contributed by atoms with Crippen LogP contribution in [0.3, 0.4) is 0 Å². The molecule has 2 aromatic rings. The third-order valence-corrected chi connectivity index (χ3v) is 4.43. The third kappa shape index (κ3) is 3.30. The van der Waals surface area contributed by atoms with Crippen molar-refractivity contribution in [1.29, 1.82) is 0 Å². The zero-order valence-corrected chi connectivity index (χ0v) is 12.2. The Morgan fingerprint density at radius 3 is 2.83 bits per heavy atom. The van der Waals surface area contributed by atoms with Crippen LogP contribution in [0.2, 0.25) is 25.7 Å². The Morgan fingerprint density at radius 2 is 2.11 bits per heavy atom. The normalized spacial score (nSPS) is 12.2. The first-order valence-corrected chi connectivity index (χ1v) is 9.81. The van der Waals surface area contributed by atoms with Crippen LogP contribution in [0.5, 0.6) is 0 Å². The summed E-state index contributed by atoms with van der Waals surface area (Å²) >= 11 is 0. The number of ether oxygens (including phenoxy) is 1. The van der Waals surface area contributed by atoms with E-state index < -0.39 is 8.07 Å². The molecule has 5 nitrogen and oxygen atoms in total. The van der Waals surface area contributed by atoms with Crippen LogP contribution in [0, 0.1) is 0 Å². The fourth-order valence-corrected chi connectivity index (χ4v) is 2.36. The average molecular weight is 264 g/mol. The van der Waals surface area contributed by atoms with Crippen LogP contribution in [0.4, 0.5) is 5.69 Å². The number of pyridine rings is 1. The topological polar surface area (TPSA) is 66.0 Å². The van der Waals surface area contributed by atoms with Gasteiger partial charge in [0, 0.05) is 14.7 Å². The molecule has 0 fully saturated rings. The summed E-state index contributed by atoms with van der Waals surface area (Å²) in [6, 6.07) is 3.03. The van der Waals surface area contributed by atoms with E-state index in [2.05, 4.69) is 29.7 Å². The molecule has 0 spiro atoms. The van der Waals surface area contributed by atoms with Gasteiger partial charge in [0.1, 0.15) is 12.2 Å². The highest BCUT2D eigenvalue weighted by Gasteiger charge is 2.12. The average Bonchev–Trinajstić information content (AvgIpc) is 2.66. The number of anilines is 1. The van der Waals surface area contributed by atoms with E-state index in [0.717, 1.165) is 23.7 Å². The van der Waals surface area contributed by atoms with Crippen molar-refractivity contribution in [3.8, 4) is 0 Å². The minimum atomic E-state index is -1.03. The maximum absolute atomic E-state index is 5.72. The van der Waals surface area contributed by atoms with E-state index in [0.29, 0.717) is 12.4 Å². The Bertz CT molecular complexity index is 532. The zero-order chi connectivity index (χ0) is 13.2. The Balaban J connectivity index is 1.98. The smallest absolute Gasteiger partial charge is 0.140 e. The molecule has 0 bridgehead atoms. The lowest BCUT2D eigenvalue weighted by Gasteiger charge is -2.15. The maximum atomic E-state index is 5.72. The van der Waals surface area contributed by atoms with Crippen LogP contribution in [0.25, 0.3) is 11.0 Å². The molecule has 0 saturated carbocycles. The van der Waals surface area contributed by atoms with Gasteiger partial charge in [0.15, 0.2) is 0 Å². The third-order valence-electron chi connectivity index (χ3n) is 2.73. The lowest BCUT2D eigenvalue weighted by molar-refractivity contribution is 0.0817. The van der Waals surface area contributed by atoms with E-state index >= 15 is 0 Å². The van der Waals surface area contributed by atoms with Crippen LogP contribution in [-0.4, -0.2) is 29.4 Å². The molecule has 0 radical (unpaired) electrons. The number of aromatic nitrogens is 3. The summed E-state index contributed by atoms with van der Waals surface area (Å²) in [5, 5.41) is 4.26. The van der Waals surface area contributed by atoms with E-state index in [1.165, 1.54) is 0 Å². The summed E-state index contributed by atoms with van der Waals surface area (Å²) in [4.78, 5) is 4.21. The van der Waals surface area contributed by atoms with E-state index in [1.807, 2.05) is 6.07 Å². The number of nitrogens with two attached hydrogens (primary N) is 1. The van der Waals surface area contributed by atoms with Gasteiger partial charge in [-0.2, -0.15) is 5.10 Å². The number of nitrogens with zero attached hydrogens (tertiary/aromatic N) is 3. The van der Waals surface area contributed by atoms with Gasteiger partial charge in [0.25, 0.3) is 0 Å². The molecule has 18 heavy (non-hydrogen) atoms. The second-order valence-electron chi connectivity index (χ2n) is 5.67. The van der Waals surface area contributed by atoms with E-state index in [9.17, 15) is 0 Å². The quantitative estimate of drug-likeness (QED) is 0.665. The van der Waals surface area contributed by atoms with Crippen molar-refractivity contribution in [3.63, 3.8) is 0 Å². The summed E-state index contributed by atoms with van der Waals surface area (Å²) in [5.41, 5.74) is 8.13. The van der Waals surface area contributed by atoms with E-state index in [1.54, 1.807) is 17.1 Å². The van der Waals surface area contributed by atoms with Crippen molar-refractivity contribution in [3.05, 3.63) is 18.5 Å². The van der Waals surface area contributed by atoms with Gasteiger partial charge in [0.2, 0.25) is 0 Å². The van der Waals surface area contributed by atoms with Crippen LogP contribution < -0.4 is 5.73 Å². The Kier molecular flexibility index (Phi) is 3.67. The van der Waals surface area contributed by atoms with Crippen LogP contribution in [0.1, 0.15) is 0 Å². The Morgan fingerprint density at radius 1 is 1.33 bits per heavy atom. The molecule has 0 aromatic carbocycles. The SMILES string of the molecule is C[Si](C)(C)CCOCn1ncc2ncc(N)cc21. The van der Waals surface area contributed by atoms with Gasteiger partial charge in [-0.15, -0.1) is 0 Å². The highest BCUT2D eigenvalue weighted by Crippen LogP contribution is 2.14. The highest BCUT2D eigenvalue weighted by molar-refractivity contribution is 6.76. The van der Waals surface area contributed by atoms with Crippen molar-refractivity contribution < 1.29 is 4.74 Å². The molecular formula is C12H20N4OSi. The Hall–Kier alpha value is -1.40. The summed E-state index contributed by atoms with van der Waals surface area (Å²) < 4.78 is 7.46. The number of hydrogen-bond acceptors (Lipinski definition) is 4. The van der Waals surface area contributed by atoms with Gasteiger partial charge in [-0.3, -0.25) is 4.98 Å². The fraction of sp³-hybridized carbons (Fsp3) is 0.500. The molecule has 98 valence electrons. The first-order chi connectivity index (χ1) is 8.46. The first-order valence-electron chi connectivity index (χ1n) is 6.10. The molecule has 0 aliphatic heterocycles. The van der Waals surface area contributed by atoms with Crippen molar-refractivity contribution >= 4 is 24.8 Å². The summed E-state index contributed by atoms with van der Waals surface area (Å²) in [5.74, 6) is 0. The molecule has 2 heterocycles. The van der Waals surface area contributed by atoms with Gasteiger partial charge in [-0.1, -0.05) is 19.6 Å². The van der Waals surface area contributed by atoms with Crippen molar-refractivity contribution in [2.24, 2.45) is 0 Å². The monoisotopic (exact) mass is 264 g/mol. The number of nitrogen functional groups attached to an aromatic ring is 1. The van der Waals surface area contributed by atoms with Crippen molar-refractivity contribution in [2.75, 3.05) is 12.3 Å². The lowest BCUT2D eigenvalue weighted by Crippen LogP contribution is -2.22. The van der Waals surface area contributed by atoms with Crippen LogP contribution in [0.15, 0.2) is 18.5 Å². The summed E-state index contributed by atoms with van der Waals surface area (Å²) in [6.07, 6.45) is 3.37. The number of rotatable bonds is 5. The number of hydrogen-bond donors (Lipinski definition) is 1. The largest absolute Gasteiger partial charge is 0.397 e.